The zero-order valence-electron chi connectivity index (χ0n) is 8.29. The molecule has 0 aliphatic rings. The van der Waals surface area contributed by atoms with Gasteiger partial charge in [-0.25, -0.2) is 4.39 Å². The van der Waals surface area contributed by atoms with Crippen LogP contribution in [-0.2, 0) is 6.54 Å². The van der Waals surface area contributed by atoms with Gasteiger partial charge < -0.3 is 5.73 Å². The fourth-order valence-electron chi connectivity index (χ4n) is 1.54. The van der Waals surface area contributed by atoms with Gasteiger partial charge in [0, 0.05) is 6.54 Å². The summed E-state index contributed by atoms with van der Waals surface area (Å²) >= 11 is 1.05. The molecule has 1 aromatic heterocycles. The number of aryl methyl sites for hydroxylation is 1. The summed E-state index contributed by atoms with van der Waals surface area (Å²) in [6, 6.07) is 2.85. The molecule has 5 heteroatoms. The van der Waals surface area contributed by atoms with E-state index >= 15 is 0 Å². The smallest absolute Gasteiger partial charge is 0.308 e. The van der Waals surface area contributed by atoms with E-state index in [-0.39, 0.29) is 10.6 Å². The number of halogens is 1. The van der Waals surface area contributed by atoms with Crippen molar-refractivity contribution in [1.29, 1.82) is 0 Å². The molecule has 3 nitrogen and oxygen atoms in total. The van der Waals surface area contributed by atoms with Crippen LogP contribution >= 0.6 is 11.3 Å². The van der Waals surface area contributed by atoms with Gasteiger partial charge in [0.05, 0.1) is 15.9 Å². The average molecular weight is 226 g/mol. The summed E-state index contributed by atoms with van der Waals surface area (Å²) in [4.78, 5) is 11.5. The number of nitrogens with two attached hydrogens (primary N) is 1. The lowest BCUT2D eigenvalue weighted by atomic mass is 10.3. The molecule has 2 N–H and O–H groups in total. The highest BCUT2D eigenvalue weighted by Gasteiger charge is 2.09. The van der Waals surface area contributed by atoms with Crippen molar-refractivity contribution in [2.24, 2.45) is 0 Å². The van der Waals surface area contributed by atoms with Gasteiger partial charge >= 0.3 is 4.87 Å². The molecule has 2 aromatic rings. The summed E-state index contributed by atoms with van der Waals surface area (Å²) in [6.07, 6.45) is 0.864. The van der Waals surface area contributed by atoms with Gasteiger partial charge in [0.2, 0.25) is 0 Å². The Morgan fingerprint density at radius 1 is 1.53 bits per heavy atom. The van der Waals surface area contributed by atoms with E-state index in [2.05, 4.69) is 0 Å². The molecule has 0 bridgehead atoms. The van der Waals surface area contributed by atoms with Gasteiger partial charge in [0.25, 0.3) is 0 Å². The number of nitrogens with zero attached hydrogens (tertiary/aromatic N) is 1. The molecule has 0 aliphatic carbocycles. The van der Waals surface area contributed by atoms with Crippen LogP contribution in [0.1, 0.15) is 13.3 Å². The Morgan fingerprint density at radius 2 is 2.27 bits per heavy atom. The molecule has 80 valence electrons. The van der Waals surface area contributed by atoms with E-state index in [1.807, 2.05) is 6.92 Å². The van der Waals surface area contributed by atoms with E-state index in [0.29, 0.717) is 11.2 Å². The second kappa shape index (κ2) is 3.66. The Balaban J connectivity index is 2.76. The number of hydrogen-bond acceptors (Lipinski definition) is 3. The molecule has 0 amide bonds. The van der Waals surface area contributed by atoms with E-state index in [1.54, 1.807) is 4.57 Å². The first-order chi connectivity index (χ1) is 7.13. The second-order valence-corrected chi connectivity index (χ2v) is 4.35. The van der Waals surface area contributed by atoms with Crippen LogP contribution < -0.4 is 10.6 Å². The molecular formula is C10H11FN2OS. The standard InChI is InChI=1S/C10H11FN2OS/c1-2-3-13-8-5-7(12)6(11)4-9(8)15-10(13)14/h4-5H,2-3,12H2,1H3. The zero-order chi connectivity index (χ0) is 11.0. The third-order valence-corrected chi connectivity index (χ3v) is 3.18. The van der Waals surface area contributed by atoms with E-state index in [9.17, 15) is 9.18 Å². The summed E-state index contributed by atoms with van der Waals surface area (Å²) < 4.78 is 15.4. The Hall–Kier alpha value is -1.36. The SMILES string of the molecule is CCCn1c(=O)sc2cc(F)c(N)cc21. The van der Waals surface area contributed by atoms with Crippen molar-refractivity contribution >= 4 is 27.2 Å². The number of rotatable bonds is 2. The topological polar surface area (TPSA) is 48.0 Å². The number of benzene rings is 1. The molecule has 15 heavy (non-hydrogen) atoms. The third-order valence-electron chi connectivity index (χ3n) is 2.23. The Labute approximate surface area is 89.9 Å². The van der Waals surface area contributed by atoms with Crippen LogP contribution in [0.2, 0.25) is 0 Å². The van der Waals surface area contributed by atoms with Crippen molar-refractivity contribution in [2.45, 2.75) is 19.9 Å². The molecule has 0 atom stereocenters. The van der Waals surface area contributed by atoms with Gasteiger partial charge in [0.1, 0.15) is 5.82 Å². The highest BCUT2D eigenvalue weighted by atomic mass is 32.1. The summed E-state index contributed by atoms with van der Waals surface area (Å²) in [5, 5.41) is 0. The molecule has 1 aromatic carbocycles. The Morgan fingerprint density at radius 3 is 2.93 bits per heavy atom. The third kappa shape index (κ3) is 1.63. The van der Waals surface area contributed by atoms with Crippen LogP contribution in [0.3, 0.4) is 0 Å². The summed E-state index contributed by atoms with van der Waals surface area (Å²) in [6.45, 7) is 2.63. The molecule has 1 heterocycles. The fourth-order valence-corrected chi connectivity index (χ4v) is 2.46. The lowest BCUT2D eigenvalue weighted by Gasteiger charge is -2.01. The van der Waals surface area contributed by atoms with Gasteiger partial charge in [-0.1, -0.05) is 18.3 Å². The van der Waals surface area contributed by atoms with Crippen LogP contribution in [0, 0.1) is 5.82 Å². The van der Waals surface area contributed by atoms with Crippen molar-refractivity contribution < 1.29 is 4.39 Å². The summed E-state index contributed by atoms with van der Waals surface area (Å²) in [5.41, 5.74) is 6.29. The van der Waals surface area contributed by atoms with Gasteiger partial charge in [-0.3, -0.25) is 9.36 Å². The van der Waals surface area contributed by atoms with Gasteiger partial charge in [-0.05, 0) is 18.6 Å². The molecule has 0 aliphatic heterocycles. The summed E-state index contributed by atoms with van der Waals surface area (Å²) in [7, 11) is 0. The maximum absolute atomic E-state index is 13.1. The highest BCUT2D eigenvalue weighted by molar-refractivity contribution is 7.16. The first kappa shape index (κ1) is 10.2. The van der Waals surface area contributed by atoms with Crippen molar-refractivity contribution in [3.8, 4) is 0 Å². The van der Waals surface area contributed by atoms with E-state index in [4.69, 9.17) is 5.73 Å². The maximum Gasteiger partial charge on any atom is 0.308 e. The normalized spacial score (nSPS) is 11.1. The predicted octanol–water partition coefficient (Wildman–Crippen LogP) is 2.19. The fraction of sp³-hybridized carbons (Fsp3) is 0.300. The monoisotopic (exact) mass is 226 g/mol. The van der Waals surface area contributed by atoms with Gasteiger partial charge in [0.15, 0.2) is 0 Å². The average Bonchev–Trinajstić information content (AvgIpc) is 2.46. The van der Waals surface area contributed by atoms with Crippen LogP contribution in [0.25, 0.3) is 10.2 Å². The molecule has 0 spiro atoms. The highest BCUT2D eigenvalue weighted by Crippen LogP contribution is 2.23. The number of anilines is 1. The van der Waals surface area contributed by atoms with Crippen LogP contribution in [0.4, 0.5) is 10.1 Å². The van der Waals surface area contributed by atoms with Crippen molar-refractivity contribution in [3.05, 3.63) is 27.6 Å². The predicted molar refractivity (Wildman–Crippen MR) is 60.7 cm³/mol. The molecule has 0 fully saturated rings. The van der Waals surface area contributed by atoms with Crippen molar-refractivity contribution in [3.63, 3.8) is 0 Å². The van der Waals surface area contributed by atoms with Crippen LogP contribution in [-0.4, -0.2) is 4.57 Å². The summed E-state index contributed by atoms with van der Waals surface area (Å²) in [5.74, 6) is -0.465. The lowest BCUT2D eigenvalue weighted by Crippen LogP contribution is -2.12. The van der Waals surface area contributed by atoms with E-state index in [1.165, 1.54) is 12.1 Å². The van der Waals surface area contributed by atoms with Crippen LogP contribution in [0.5, 0.6) is 0 Å². The minimum absolute atomic E-state index is 0.0585. The first-order valence-corrected chi connectivity index (χ1v) is 5.53. The molecule has 2 rings (SSSR count). The molecule has 0 radical (unpaired) electrons. The van der Waals surface area contributed by atoms with Crippen molar-refractivity contribution in [2.75, 3.05) is 5.73 Å². The molecule has 0 unspecified atom stereocenters. The Kier molecular flexibility index (Phi) is 2.48. The number of thiazole rings is 1. The van der Waals surface area contributed by atoms with Gasteiger partial charge in [-0.15, -0.1) is 0 Å². The van der Waals surface area contributed by atoms with Crippen molar-refractivity contribution in [1.82, 2.24) is 4.57 Å². The zero-order valence-corrected chi connectivity index (χ0v) is 9.10. The number of hydrogen-bond donors (Lipinski definition) is 1. The quantitative estimate of drug-likeness (QED) is 0.798. The number of nitrogen functional groups attached to an aromatic ring is 1. The van der Waals surface area contributed by atoms with Crippen LogP contribution in [0.15, 0.2) is 16.9 Å². The first-order valence-electron chi connectivity index (χ1n) is 4.72. The minimum Gasteiger partial charge on any atom is -0.396 e. The maximum atomic E-state index is 13.1. The van der Waals surface area contributed by atoms with E-state index < -0.39 is 5.82 Å². The minimum atomic E-state index is -0.465. The largest absolute Gasteiger partial charge is 0.396 e. The second-order valence-electron chi connectivity index (χ2n) is 3.36. The van der Waals surface area contributed by atoms with Gasteiger partial charge in [-0.2, -0.15) is 0 Å². The van der Waals surface area contributed by atoms with E-state index in [0.717, 1.165) is 23.3 Å². The number of aromatic nitrogens is 1. The molecule has 0 saturated carbocycles. The number of fused-ring (bicyclic) bond motifs is 1. The molecule has 0 saturated heterocycles. The molecular weight excluding hydrogens is 215 g/mol. The lowest BCUT2D eigenvalue weighted by molar-refractivity contribution is 0.633. The Bertz CT molecular complexity index is 558.